The predicted octanol–water partition coefficient (Wildman–Crippen LogP) is 2.35. The molecule has 0 radical (unpaired) electrons. The van der Waals surface area contributed by atoms with Crippen LogP contribution in [0, 0.1) is 25.2 Å². The maximum atomic E-state index is 13.0. The van der Waals surface area contributed by atoms with Gasteiger partial charge in [0.15, 0.2) is 0 Å². The minimum atomic E-state index is -2.04. The molecule has 0 saturated carbocycles. The van der Waals surface area contributed by atoms with Crippen LogP contribution in [-0.2, 0) is 44.5 Å². The first kappa shape index (κ1) is 25.4. The van der Waals surface area contributed by atoms with Crippen molar-refractivity contribution in [3.8, 4) is 12.3 Å². The monoisotopic (exact) mass is 446 g/mol. The van der Waals surface area contributed by atoms with Gasteiger partial charge in [-0.2, -0.15) is 0 Å². The Kier molecular flexibility index (Phi) is 9.24. The average molecular weight is 446 g/mol. The van der Waals surface area contributed by atoms with Crippen LogP contribution in [0.15, 0.2) is 24.3 Å². The third kappa shape index (κ3) is 6.31. The lowest BCUT2D eigenvalue weighted by atomic mass is 9.93. The van der Waals surface area contributed by atoms with Crippen molar-refractivity contribution in [2.24, 2.45) is 5.92 Å². The van der Waals surface area contributed by atoms with E-state index in [0.717, 1.165) is 5.56 Å². The minimum Gasteiger partial charge on any atom is -0.463 e. The topological polar surface area (TPSA) is 97.4 Å². The minimum absolute atomic E-state index is 0.0542. The van der Waals surface area contributed by atoms with Gasteiger partial charge in [-0.15, -0.1) is 12.3 Å². The van der Waals surface area contributed by atoms with Gasteiger partial charge in [-0.05, 0) is 26.3 Å². The fourth-order valence-corrected chi connectivity index (χ4v) is 3.41. The quantitative estimate of drug-likeness (QED) is 0.234. The molecular formula is C24H30O8. The summed E-state index contributed by atoms with van der Waals surface area (Å²) in [7, 11) is 0. The summed E-state index contributed by atoms with van der Waals surface area (Å²) in [6.07, 6.45) is 4.28. The standard InChI is InChI=1S/C24H30O8/c1-6-19-13-21(31-17(5)25)32-20(19)15-30-24(22(26)28-7-2,23(27)29-8-3)14-18-11-9-16(4)10-12-18/h1,9-12,19-21H,7-8,13-15H2,2-5H3. The number of benzene rings is 1. The molecule has 1 aliphatic heterocycles. The first-order chi connectivity index (χ1) is 15.2. The van der Waals surface area contributed by atoms with E-state index in [1.165, 1.54) is 6.92 Å². The molecule has 0 aromatic heterocycles. The lowest BCUT2D eigenvalue weighted by molar-refractivity contribution is -0.200. The summed E-state index contributed by atoms with van der Waals surface area (Å²) < 4.78 is 27.1. The summed E-state index contributed by atoms with van der Waals surface area (Å²) in [6, 6.07) is 7.35. The second-order valence-electron chi connectivity index (χ2n) is 7.46. The fourth-order valence-electron chi connectivity index (χ4n) is 3.41. The number of hydrogen-bond acceptors (Lipinski definition) is 8. The third-order valence-corrected chi connectivity index (χ3v) is 5.01. The van der Waals surface area contributed by atoms with E-state index in [1.54, 1.807) is 26.0 Å². The van der Waals surface area contributed by atoms with Gasteiger partial charge in [-0.3, -0.25) is 4.79 Å². The molecule has 0 bridgehead atoms. The van der Waals surface area contributed by atoms with Crippen LogP contribution in [0.25, 0.3) is 0 Å². The molecule has 1 saturated heterocycles. The summed E-state index contributed by atoms with van der Waals surface area (Å²) in [5.74, 6) is -0.0526. The summed E-state index contributed by atoms with van der Waals surface area (Å²) in [5.41, 5.74) is -0.320. The Bertz CT molecular complexity index is 821. The number of esters is 3. The van der Waals surface area contributed by atoms with Gasteiger partial charge >= 0.3 is 17.9 Å². The Balaban J connectivity index is 2.32. The predicted molar refractivity (Wildman–Crippen MR) is 114 cm³/mol. The van der Waals surface area contributed by atoms with Gasteiger partial charge in [0.2, 0.25) is 6.29 Å². The van der Waals surface area contributed by atoms with E-state index in [-0.39, 0.29) is 32.7 Å². The number of carbonyl (C=O) groups is 3. The van der Waals surface area contributed by atoms with Gasteiger partial charge in [0.05, 0.1) is 31.8 Å². The number of carbonyl (C=O) groups excluding carboxylic acids is 3. The van der Waals surface area contributed by atoms with Crippen molar-refractivity contribution in [1.29, 1.82) is 0 Å². The van der Waals surface area contributed by atoms with Gasteiger partial charge in [0, 0.05) is 19.8 Å². The highest BCUT2D eigenvalue weighted by atomic mass is 16.7. The Labute approximate surface area is 188 Å². The molecule has 1 aliphatic rings. The zero-order valence-corrected chi connectivity index (χ0v) is 18.9. The molecule has 1 aromatic rings. The van der Waals surface area contributed by atoms with E-state index in [1.807, 2.05) is 19.1 Å². The number of aryl methyl sites for hydroxylation is 1. The number of rotatable bonds is 10. The van der Waals surface area contributed by atoms with Crippen LogP contribution in [0.2, 0.25) is 0 Å². The van der Waals surface area contributed by atoms with E-state index >= 15 is 0 Å². The van der Waals surface area contributed by atoms with Crippen LogP contribution in [0.1, 0.15) is 38.3 Å². The third-order valence-electron chi connectivity index (χ3n) is 5.01. The number of ether oxygens (including phenoxy) is 5. The molecule has 1 fully saturated rings. The van der Waals surface area contributed by atoms with Crippen molar-refractivity contribution in [2.45, 2.75) is 58.5 Å². The van der Waals surface area contributed by atoms with E-state index in [2.05, 4.69) is 5.92 Å². The second kappa shape index (κ2) is 11.7. The maximum Gasteiger partial charge on any atom is 0.350 e. The first-order valence-corrected chi connectivity index (χ1v) is 10.6. The lowest BCUT2D eigenvalue weighted by Crippen LogP contribution is -2.54. The highest BCUT2D eigenvalue weighted by Gasteiger charge is 2.52. The van der Waals surface area contributed by atoms with Gasteiger partial charge in [0.1, 0.15) is 0 Å². The molecule has 1 aromatic carbocycles. The van der Waals surface area contributed by atoms with Crippen molar-refractivity contribution in [2.75, 3.05) is 19.8 Å². The van der Waals surface area contributed by atoms with Crippen LogP contribution in [0.5, 0.6) is 0 Å². The SMILES string of the molecule is C#CC1CC(OC(C)=O)OC1COC(Cc1ccc(C)cc1)(C(=O)OCC)C(=O)OCC. The normalized spacial score (nSPS) is 20.3. The van der Waals surface area contributed by atoms with E-state index < -0.39 is 41.8 Å². The highest BCUT2D eigenvalue weighted by Crippen LogP contribution is 2.30. The lowest BCUT2D eigenvalue weighted by Gasteiger charge is -2.31. The smallest absolute Gasteiger partial charge is 0.350 e. The van der Waals surface area contributed by atoms with Crippen molar-refractivity contribution < 1.29 is 38.1 Å². The van der Waals surface area contributed by atoms with Gasteiger partial charge in [0.25, 0.3) is 5.60 Å². The molecule has 8 nitrogen and oxygen atoms in total. The Morgan fingerprint density at radius 3 is 2.22 bits per heavy atom. The fraction of sp³-hybridized carbons (Fsp3) is 0.542. The average Bonchev–Trinajstić information content (AvgIpc) is 3.13. The zero-order chi connectivity index (χ0) is 23.7. The van der Waals surface area contributed by atoms with Crippen LogP contribution in [0.3, 0.4) is 0 Å². The number of hydrogen-bond donors (Lipinski definition) is 0. The molecule has 8 heteroatoms. The molecule has 2 rings (SSSR count). The van der Waals surface area contributed by atoms with Crippen molar-refractivity contribution in [1.82, 2.24) is 0 Å². The Hall–Kier alpha value is -2.89. The maximum absolute atomic E-state index is 13.0. The van der Waals surface area contributed by atoms with E-state index in [9.17, 15) is 14.4 Å². The van der Waals surface area contributed by atoms with Crippen molar-refractivity contribution in [3.63, 3.8) is 0 Å². The molecular weight excluding hydrogens is 416 g/mol. The van der Waals surface area contributed by atoms with Crippen LogP contribution in [0.4, 0.5) is 0 Å². The molecule has 0 amide bonds. The molecule has 3 atom stereocenters. The summed E-state index contributed by atoms with van der Waals surface area (Å²) >= 11 is 0. The molecule has 0 N–H and O–H groups in total. The largest absolute Gasteiger partial charge is 0.463 e. The summed E-state index contributed by atoms with van der Waals surface area (Å²) in [5, 5.41) is 0. The van der Waals surface area contributed by atoms with Crippen LogP contribution >= 0.6 is 0 Å². The van der Waals surface area contributed by atoms with E-state index in [0.29, 0.717) is 5.56 Å². The van der Waals surface area contributed by atoms with Crippen molar-refractivity contribution in [3.05, 3.63) is 35.4 Å². The summed E-state index contributed by atoms with van der Waals surface area (Å²) in [4.78, 5) is 37.3. The Morgan fingerprint density at radius 2 is 1.72 bits per heavy atom. The number of terminal acetylenes is 1. The molecule has 1 heterocycles. The summed E-state index contributed by atoms with van der Waals surface area (Å²) in [6.45, 7) is 6.39. The Morgan fingerprint density at radius 1 is 1.12 bits per heavy atom. The van der Waals surface area contributed by atoms with Crippen LogP contribution < -0.4 is 0 Å². The molecule has 0 aliphatic carbocycles. The zero-order valence-electron chi connectivity index (χ0n) is 18.9. The van der Waals surface area contributed by atoms with Gasteiger partial charge < -0.3 is 23.7 Å². The van der Waals surface area contributed by atoms with Crippen LogP contribution in [-0.4, -0.2) is 55.7 Å². The van der Waals surface area contributed by atoms with Gasteiger partial charge in [-0.1, -0.05) is 29.8 Å². The van der Waals surface area contributed by atoms with E-state index in [4.69, 9.17) is 30.1 Å². The van der Waals surface area contributed by atoms with Crippen molar-refractivity contribution >= 4 is 17.9 Å². The molecule has 3 unspecified atom stereocenters. The molecule has 0 spiro atoms. The molecule has 174 valence electrons. The second-order valence-corrected chi connectivity index (χ2v) is 7.46. The van der Waals surface area contributed by atoms with Gasteiger partial charge in [-0.25, -0.2) is 9.59 Å². The highest BCUT2D eigenvalue weighted by molar-refractivity contribution is 6.04. The first-order valence-electron chi connectivity index (χ1n) is 10.6. The molecule has 32 heavy (non-hydrogen) atoms.